The second-order valence-electron chi connectivity index (χ2n) is 6.95. The van der Waals surface area contributed by atoms with Crippen LogP contribution in [0.2, 0.25) is 5.02 Å². The molecule has 0 saturated carbocycles. The number of carbonyl (C=O) groups is 2. The molecule has 2 heterocycles. The summed E-state index contributed by atoms with van der Waals surface area (Å²) in [6, 6.07) is 5.23. The fourth-order valence-corrected chi connectivity index (χ4v) is 6.19. The van der Waals surface area contributed by atoms with E-state index in [1.165, 1.54) is 18.2 Å². The maximum Gasteiger partial charge on any atom is 0.267 e. The number of hydrazone groups is 1. The Morgan fingerprint density at radius 3 is 2.70 bits per heavy atom. The van der Waals surface area contributed by atoms with Gasteiger partial charge < -0.3 is 5.32 Å². The van der Waals surface area contributed by atoms with Gasteiger partial charge in [0.15, 0.2) is 9.84 Å². The van der Waals surface area contributed by atoms with Gasteiger partial charge in [-0.2, -0.15) is 5.10 Å². The van der Waals surface area contributed by atoms with E-state index < -0.39 is 31.8 Å². The third kappa shape index (κ3) is 5.56. The minimum atomic E-state index is -3.77. The lowest BCUT2D eigenvalue weighted by atomic mass is 10.1. The first-order valence-corrected chi connectivity index (χ1v) is 12.9. The van der Waals surface area contributed by atoms with Crippen molar-refractivity contribution in [1.29, 1.82) is 0 Å². The lowest BCUT2D eigenvalue weighted by Crippen LogP contribution is -2.44. The zero-order valence-corrected chi connectivity index (χ0v) is 18.3. The van der Waals surface area contributed by atoms with Crippen LogP contribution in [-0.2, 0) is 29.4 Å². The Morgan fingerprint density at radius 1 is 1.27 bits per heavy atom. The van der Waals surface area contributed by atoms with Crippen LogP contribution in [0.3, 0.4) is 0 Å². The van der Waals surface area contributed by atoms with Gasteiger partial charge in [0.25, 0.3) is 5.91 Å². The molecule has 2 aliphatic heterocycles. The molecule has 0 bridgehead atoms. The van der Waals surface area contributed by atoms with Gasteiger partial charge in [0, 0.05) is 31.0 Å². The Morgan fingerprint density at radius 2 is 2.03 bits per heavy atom. The van der Waals surface area contributed by atoms with Crippen molar-refractivity contribution in [3.05, 3.63) is 29.3 Å². The smallest absolute Gasteiger partial charge is 0.267 e. The number of hydrogen-bond donors (Lipinski definition) is 2. The highest BCUT2D eigenvalue weighted by atomic mass is 35.5. The number of carbonyl (C=O) groups excluding carboxylic acids is 2. The summed E-state index contributed by atoms with van der Waals surface area (Å²) in [7, 11) is -6.97. The zero-order valence-electron chi connectivity index (χ0n) is 15.9. The summed E-state index contributed by atoms with van der Waals surface area (Å²) in [6.45, 7) is -0.0548. The molecule has 1 saturated heterocycles. The number of sulfone groups is 1. The molecule has 3 rings (SSSR count). The van der Waals surface area contributed by atoms with Crippen molar-refractivity contribution < 1.29 is 26.4 Å². The first-order valence-electron chi connectivity index (χ1n) is 9.21. The van der Waals surface area contributed by atoms with Gasteiger partial charge in [0.2, 0.25) is 15.9 Å². The Kier molecular flexibility index (Phi) is 6.80. The largest absolute Gasteiger partial charge is 0.350 e. The van der Waals surface area contributed by atoms with Gasteiger partial charge in [-0.25, -0.2) is 26.6 Å². The van der Waals surface area contributed by atoms with Crippen molar-refractivity contribution in [3.8, 4) is 0 Å². The predicted octanol–water partition coefficient (Wildman–Crippen LogP) is -0.100. The molecule has 10 nitrogen and oxygen atoms in total. The van der Waals surface area contributed by atoms with Crippen LogP contribution < -0.4 is 10.0 Å². The Bertz CT molecular complexity index is 1090. The molecule has 2 N–H and O–H groups in total. The van der Waals surface area contributed by atoms with E-state index in [0.29, 0.717) is 0 Å². The Labute approximate surface area is 179 Å². The van der Waals surface area contributed by atoms with Crippen LogP contribution in [0.15, 0.2) is 34.3 Å². The van der Waals surface area contributed by atoms with Crippen LogP contribution in [0.4, 0.5) is 0 Å². The fourth-order valence-electron chi connectivity index (χ4n) is 3.17. The molecule has 2 aliphatic rings. The number of nitrogens with one attached hydrogen (secondary N) is 2. The number of rotatable bonds is 7. The van der Waals surface area contributed by atoms with Gasteiger partial charge in [-0.1, -0.05) is 17.7 Å². The van der Waals surface area contributed by atoms with Gasteiger partial charge >= 0.3 is 0 Å². The van der Waals surface area contributed by atoms with E-state index in [9.17, 15) is 26.4 Å². The molecule has 164 valence electrons. The number of amides is 2. The molecule has 1 fully saturated rings. The molecule has 0 spiro atoms. The van der Waals surface area contributed by atoms with Gasteiger partial charge in [-0.15, -0.1) is 0 Å². The highest BCUT2D eigenvalue weighted by Gasteiger charge is 2.37. The van der Waals surface area contributed by atoms with E-state index in [1.54, 1.807) is 6.07 Å². The molecule has 0 radical (unpaired) electrons. The molecule has 1 aromatic carbocycles. The predicted molar refractivity (Wildman–Crippen MR) is 110 cm³/mol. The van der Waals surface area contributed by atoms with Gasteiger partial charge in [0.05, 0.1) is 22.4 Å². The molecule has 0 aromatic heterocycles. The van der Waals surface area contributed by atoms with Crippen LogP contribution in [0.25, 0.3) is 0 Å². The summed E-state index contributed by atoms with van der Waals surface area (Å²) in [5.41, 5.74) is 0.108. The molecule has 1 aromatic rings. The van der Waals surface area contributed by atoms with E-state index in [1.807, 2.05) is 0 Å². The maximum absolute atomic E-state index is 12.3. The number of halogens is 1. The lowest BCUT2D eigenvalue weighted by molar-refractivity contribution is -0.133. The first-order chi connectivity index (χ1) is 14.1. The fraction of sp³-hybridized carbons (Fsp3) is 0.471. The second-order valence-corrected chi connectivity index (χ2v) is 11.4. The molecule has 0 aliphatic carbocycles. The molecule has 1 atom stereocenters. The monoisotopic (exact) mass is 476 g/mol. The highest BCUT2D eigenvalue weighted by Crippen LogP contribution is 2.22. The number of hydrogen-bond acceptors (Lipinski definition) is 7. The van der Waals surface area contributed by atoms with E-state index in [0.717, 1.165) is 5.01 Å². The van der Waals surface area contributed by atoms with E-state index in [2.05, 4.69) is 15.1 Å². The number of nitrogens with zero attached hydrogens (tertiary/aromatic N) is 2. The van der Waals surface area contributed by atoms with Crippen molar-refractivity contribution in [2.24, 2.45) is 5.10 Å². The summed E-state index contributed by atoms with van der Waals surface area (Å²) in [5.74, 6) is -1.02. The molecular weight excluding hydrogens is 456 g/mol. The van der Waals surface area contributed by atoms with Crippen LogP contribution in [0.1, 0.15) is 19.3 Å². The lowest BCUT2D eigenvalue weighted by Gasteiger charge is -2.27. The Balaban J connectivity index is 1.54. The summed E-state index contributed by atoms with van der Waals surface area (Å²) < 4.78 is 50.1. The topological polar surface area (TPSA) is 142 Å². The van der Waals surface area contributed by atoms with Crippen molar-refractivity contribution in [2.75, 3.05) is 24.6 Å². The Hall–Kier alpha value is -2.02. The second kappa shape index (κ2) is 9.00. The standard InChI is InChI=1S/C17H21ClN4O6S2/c18-12-2-1-3-14(10-12)30(27,28)20-8-7-19-17(24)15-4-5-16(23)22(21-15)13-6-9-29(25,26)11-13/h1-3,10,13,20H,4-9,11H2,(H,19,24). The van der Waals surface area contributed by atoms with Gasteiger partial charge in [0.1, 0.15) is 5.71 Å². The molecule has 1 unspecified atom stereocenters. The third-order valence-corrected chi connectivity index (χ3v) is 8.13. The molecular formula is C17H21ClN4O6S2. The van der Waals surface area contributed by atoms with Gasteiger partial charge in [-0.05, 0) is 24.6 Å². The van der Waals surface area contributed by atoms with Crippen molar-refractivity contribution in [2.45, 2.75) is 30.2 Å². The summed E-state index contributed by atoms with van der Waals surface area (Å²) in [4.78, 5) is 24.4. The molecule has 13 heteroatoms. The quantitative estimate of drug-likeness (QED) is 0.526. The highest BCUT2D eigenvalue weighted by molar-refractivity contribution is 7.91. The van der Waals surface area contributed by atoms with Crippen molar-refractivity contribution >= 4 is 49.0 Å². The van der Waals surface area contributed by atoms with Crippen molar-refractivity contribution in [3.63, 3.8) is 0 Å². The third-order valence-electron chi connectivity index (χ3n) is 4.69. The van der Waals surface area contributed by atoms with E-state index in [-0.39, 0.29) is 65.4 Å². The van der Waals surface area contributed by atoms with Crippen LogP contribution >= 0.6 is 11.6 Å². The first kappa shape index (κ1) is 22.7. The SMILES string of the molecule is O=C(NCCNS(=O)(=O)c1cccc(Cl)c1)C1=NN(C2CCS(=O)(=O)C2)C(=O)CC1. The maximum atomic E-state index is 12.3. The zero-order chi connectivity index (χ0) is 21.9. The summed E-state index contributed by atoms with van der Waals surface area (Å²) >= 11 is 5.80. The van der Waals surface area contributed by atoms with E-state index >= 15 is 0 Å². The average molecular weight is 477 g/mol. The normalized spacial score (nSPS) is 21.4. The summed E-state index contributed by atoms with van der Waals surface area (Å²) in [6.07, 6.45) is 0.483. The average Bonchev–Trinajstić information content (AvgIpc) is 3.05. The minimum Gasteiger partial charge on any atom is -0.350 e. The van der Waals surface area contributed by atoms with E-state index in [4.69, 9.17) is 11.6 Å². The number of benzene rings is 1. The van der Waals surface area contributed by atoms with Crippen molar-refractivity contribution in [1.82, 2.24) is 15.0 Å². The molecule has 30 heavy (non-hydrogen) atoms. The molecule has 2 amide bonds. The van der Waals surface area contributed by atoms with Crippen LogP contribution in [0.5, 0.6) is 0 Å². The van der Waals surface area contributed by atoms with Crippen LogP contribution in [-0.4, -0.2) is 70.0 Å². The number of sulfonamides is 1. The van der Waals surface area contributed by atoms with Gasteiger partial charge in [-0.3, -0.25) is 9.59 Å². The van der Waals surface area contributed by atoms with Crippen LogP contribution in [0, 0.1) is 0 Å². The minimum absolute atomic E-state index is 0.00338. The summed E-state index contributed by atoms with van der Waals surface area (Å²) in [5, 5.41) is 8.01.